The lowest BCUT2D eigenvalue weighted by molar-refractivity contribution is -0.130. The molecule has 4 rings (SSSR count). The Morgan fingerprint density at radius 1 is 1.19 bits per heavy atom. The van der Waals surface area contributed by atoms with Crippen molar-refractivity contribution in [3.63, 3.8) is 0 Å². The second kappa shape index (κ2) is 6.75. The Kier molecular flexibility index (Phi) is 4.58. The van der Waals surface area contributed by atoms with E-state index in [2.05, 4.69) is 25.0 Å². The highest BCUT2D eigenvalue weighted by molar-refractivity contribution is 7.99. The molecule has 0 bridgehead atoms. The molecule has 2 saturated heterocycles. The molecule has 3 amide bonds. The lowest BCUT2D eigenvalue weighted by atomic mass is 10.1. The Hall–Kier alpha value is -1.77. The van der Waals surface area contributed by atoms with E-state index >= 15 is 0 Å². The third-order valence-corrected chi connectivity index (χ3v) is 6.18. The topological polar surface area (TPSA) is 83.4 Å². The van der Waals surface area contributed by atoms with E-state index in [1.54, 1.807) is 25.6 Å². The van der Waals surface area contributed by atoms with Crippen LogP contribution in [-0.4, -0.2) is 62.5 Å². The highest BCUT2D eigenvalue weighted by atomic mass is 32.2. The molecule has 2 aliphatic heterocycles. The number of amides is 3. The fourth-order valence-electron chi connectivity index (χ4n) is 3.56. The van der Waals surface area contributed by atoms with Crippen LogP contribution in [0.15, 0.2) is 5.16 Å². The molecular weight excluding hydrogens is 352 g/mol. The quantitative estimate of drug-likeness (QED) is 0.444. The van der Waals surface area contributed by atoms with Crippen molar-refractivity contribution in [2.24, 2.45) is 0 Å². The molecule has 1 aromatic heterocycles. The fourth-order valence-corrected chi connectivity index (χ4v) is 4.48. The van der Waals surface area contributed by atoms with E-state index in [9.17, 15) is 9.59 Å². The number of hydrogen-bond acceptors (Lipinski definition) is 6. The van der Waals surface area contributed by atoms with Crippen molar-refractivity contribution in [3.8, 4) is 0 Å². The molecule has 26 heavy (non-hydrogen) atoms. The molecule has 8 nitrogen and oxygen atoms in total. The Balaban J connectivity index is 1.34. The van der Waals surface area contributed by atoms with Crippen molar-refractivity contribution in [2.45, 2.75) is 62.7 Å². The number of aromatic nitrogens is 3. The van der Waals surface area contributed by atoms with Crippen LogP contribution in [0.1, 0.15) is 52.0 Å². The van der Waals surface area contributed by atoms with Gasteiger partial charge in [-0.25, -0.2) is 4.79 Å². The van der Waals surface area contributed by atoms with Crippen molar-refractivity contribution >= 4 is 29.6 Å². The SMILES string of the molecule is CC1(C)NC(=O)N(CCCSc2nnc(N3CCCC3)n2C2CC2)C1=O. The highest BCUT2D eigenvalue weighted by Crippen LogP contribution is 2.41. The maximum Gasteiger partial charge on any atom is 0.325 e. The van der Waals surface area contributed by atoms with Crippen LogP contribution in [0.3, 0.4) is 0 Å². The van der Waals surface area contributed by atoms with Crippen LogP contribution in [0, 0.1) is 0 Å². The van der Waals surface area contributed by atoms with E-state index in [0.29, 0.717) is 12.6 Å². The minimum Gasteiger partial charge on any atom is -0.341 e. The monoisotopic (exact) mass is 378 g/mol. The van der Waals surface area contributed by atoms with Gasteiger partial charge in [-0.2, -0.15) is 0 Å². The number of nitrogens with one attached hydrogen (secondary N) is 1. The van der Waals surface area contributed by atoms with Crippen LogP contribution >= 0.6 is 11.8 Å². The second-order valence-electron chi connectivity index (χ2n) is 7.79. The van der Waals surface area contributed by atoms with Crippen molar-refractivity contribution in [1.82, 2.24) is 25.0 Å². The second-order valence-corrected chi connectivity index (χ2v) is 8.85. The summed E-state index contributed by atoms with van der Waals surface area (Å²) in [6.45, 7) is 6.05. The zero-order valence-corrected chi connectivity index (χ0v) is 16.2. The van der Waals surface area contributed by atoms with Gasteiger partial charge in [-0.05, 0) is 46.0 Å². The molecule has 0 atom stereocenters. The number of urea groups is 1. The van der Waals surface area contributed by atoms with Gasteiger partial charge in [-0.1, -0.05) is 11.8 Å². The molecule has 0 spiro atoms. The number of thioether (sulfide) groups is 1. The van der Waals surface area contributed by atoms with Crippen LogP contribution < -0.4 is 10.2 Å². The minimum atomic E-state index is -0.791. The summed E-state index contributed by atoms with van der Waals surface area (Å²) in [7, 11) is 0. The van der Waals surface area contributed by atoms with Gasteiger partial charge < -0.3 is 10.2 Å². The molecule has 0 unspecified atom stereocenters. The van der Waals surface area contributed by atoms with Gasteiger partial charge in [0.15, 0.2) is 5.16 Å². The summed E-state index contributed by atoms with van der Waals surface area (Å²) in [6, 6.07) is 0.248. The van der Waals surface area contributed by atoms with E-state index in [4.69, 9.17) is 0 Å². The molecule has 3 aliphatic rings. The van der Waals surface area contributed by atoms with Crippen LogP contribution in [0.4, 0.5) is 10.7 Å². The van der Waals surface area contributed by atoms with Crippen LogP contribution in [0.25, 0.3) is 0 Å². The fraction of sp³-hybridized carbons (Fsp3) is 0.765. The number of anilines is 1. The van der Waals surface area contributed by atoms with Crippen molar-refractivity contribution in [3.05, 3.63) is 0 Å². The highest BCUT2D eigenvalue weighted by Gasteiger charge is 2.43. The smallest absolute Gasteiger partial charge is 0.325 e. The van der Waals surface area contributed by atoms with E-state index in [0.717, 1.165) is 36.4 Å². The van der Waals surface area contributed by atoms with E-state index in [1.165, 1.54) is 30.6 Å². The molecule has 1 saturated carbocycles. The summed E-state index contributed by atoms with van der Waals surface area (Å²) < 4.78 is 2.30. The molecule has 9 heteroatoms. The molecule has 3 heterocycles. The summed E-state index contributed by atoms with van der Waals surface area (Å²) >= 11 is 1.67. The minimum absolute atomic E-state index is 0.148. The van der Waals surface area contributed by atoms with Crippen LogP contribution in [0.5, 0.6) is 0 Å². The lowest BCUT2D eigenvalue weighted by Crippen LogP contribution is -2.40. The lowest BCUT2D eigenvalue weighted by Gasteiger charge is -2.18. The van der Waals surface area contributed by atoms with Crippen molar-refractivity contribution < 1.29 is 9.59 Å². The maximum absolute atomic E-state index is 12.2. The third kappa shape index (κ3) is 3.28. The number of carbonyl (C=O) groups is 2. The molecule has 1 aromatic rings. The Morgan fingerprint density at radius 3 is 2.54 bits per heavy atom. The zero-order valence-electron chi connectivity index (χ0n) is 15.4. The molecule has 1 aliphatic carbocycles. The predicted molar refractivity (Wildman–Crippen MR) is 99.4 cm³/mol. The summed E-state index contributed by atoms with van der Waals surface area (Å²) in [5, 5.41) is 12.5. The van der Waals surface area contributed by atoms with E-state index < -0.39 is 5.54 Å². The summed E-state index contributed by atoms with van der Waals surface area (Å²) in [4.78, 5) is 27.8. The average molecular weight is 379 g/mol. The number of imide groups is 1. The molecule has 1 N–H and O–H groups in total. The van der Waals surface area contributed by atoms with Gasteiger partial charge in [0.1, 0.15) is 5.54 Å². The normalized spacial score (nSPS) is 22.4. The number of hydrogen-bond donors (Lipinski definition) is 1. The van der Waals surface area contributed by atoms with Gasteiger partial charge in [-0.3, -0.25) is 14.3 Å². The van der Waals surface area contributed by atoms with Crippen LogP contribution in [-0.2, 0) is 4.79 Å². The first-order valence-corrected chi connectivity index (χ1v) is 10.4. The number of rotatable bonds is 7. The average Bonchev–Trinajstić information content (AvgIpc) is 3.04. The van der Waals surface area contributed by atoms with Crippen molar-refractivity contribution in [2.75, 3.05) is 30.3 Å². The van der Waals surface area contributed by atoms with Crippen LogP contribution in [0.2, 0.25) is 0 Å². The van der Waals surface area contributed by atoms with Crippen molar-refractivity contribution in [1.29, 1.82) is 0 Å². The van der Waals surface area contributed by atoms with E-state index in [-0.39, 0.29) is 11.9 Å². The largest absolute Gasteiger partial charge is 0.341 e. The number of carbonyl (C=O) groups excluding carboxylic acids is 2. The predicted octanol–water partition coefficient (Wildman–Crippen LogP) is 2.03. The molecular formula is C17H26N6O2S. The standard InChI is InChI=1S/C17H26N6O2S/c1-17(2)13(24)22(15(25)18-17)10-5-11-26-16-20-19-14(21-8-3-4-9-21)23(16)12-6-7-12/h12H,3-11H2,1-2H3,(H,18,25). The zero-order chi connectivity index (χ0) is 18.3. The number of nitrogens with zero attached hydrogens (tertiary/aromatic N) is 5. The first-order valence-electron chi connectivity index (χ1n) is 9.44. The van der Waals surface area contributed by atoms with E-state index in [1.807, 2.05) is 0 Å². The Labute approximate surface area is 157 Å². The van der Waals surface area contributed by atoms with Gasteiger partial charge in [-0.15, -0.1) is 10.2 Å². The van der Waals surface area contributed by atoms with Gasteiger partial charge in [0.25, 0.3) is 5.91 Å². The molecule has 0 aromatic carbocycles. The van der Waals surface area contributed by atoms with Gasteiger partial charge in [0.2, 0.25) is 5.95 Å². The van der Waals surface area contributed by atoms with Gasteiger partial charge in [0.05, 0.1) is 0 Å². The summed E-state index contributed by atoms with van der Waals surface area (Å²) in [5.41, 5.74) is -0.791. The molecule has 0 radical (unpaired) electrons. The Morgan fingerprint density at radius 2 is 1.92 bits per heavy atom. The first-order chi connectivity index (χ1) is 12.5. The third-order valence-electron chi connectivity index (χ3n) is 5.15. The summed E-state index contributed by atoms with van der Waals surface area (Å²) in [6.07, 6.45) is 5.59. The molecule has 142 valence electrons. The molecule has 3 fully saturated rings. The summed E-state index contributed by atoms with van der Waals surface area (Å²) in [5.74, 6) is 1.68. The first kappa shape index (κ1) is 17.6. The Bertz CT molecular complexity index is 708. The maximum atomic E-state index is 12.2. The van der Waals surface area contributed by atoms with Gasteiger partial charge >= 0.3 is 6.03 Å². The van der Waals surface area contributed by atoms with Gasteiger partial charge in [0, 0.05) is 31.4 Å².